The molecule has 166 valence electrons. The number of hydrogen-bond donors (Lipinski definition) is 1. The summed E-state index contributed by atoms with van der Waals surface area (Å²) in [4.78, 5) is 38.6. The van der Waals surface area contributed by atoms with Crippen molar-refractivity contribution in [1.29, 1.82) is 0 Å². The number of ether oxygens (including phenoxy) is 5. The van der Waals surface area contributed by atoms with Gasteiger partial charge >= 0.3 is 11.9 Å². The maximum Gasteiger partial charge on any atom is 0.341 e. The molecule has 0 spiro atoms. The van der Waals surface area contributed by atoms with E-state index in [9.17, 15) is 14.4 Å². The van der Waals surface area contributed by atoms with Crippen LogP contribution in [0.4, 0.5) is 5.00 Å². The fourth-order valence-electron chi connectivity index (χ4n) is 3.62. The average molecular weight is 449 g/mol. The van der Waals surface area contributed by atoms with Crippen LogP contribution in [0, 0.1) is 0 Å². The number of amides is 1. The number of thiophene rings is 1. The van der Waals surface area contributed by atoms with Crippen molar-refractivity contribution in [2.45, 2.75) is 18.8 Å². The van der Waals surface area contributed by atoms with Crippen LogP contribution < -0.4 is 19.5 Å². The van der Waals surface area contributed by atoms with E-state index >= 15 is 0 Å². The van der Waals surface area contributed by atoms with E-state index in [0.29, 0.717) is 40.7 Å². The number of aryl methyl sites for hydroxylation is 1. The molecule has 1 aliphatic carbocycles. The van der Waals surface area contributed by atoms with Gasteiger partial charge in [-0.25, -0.2) is 4.79 Å². The number of nitrogens with one attached hydrogen (secondary N) is 1. The summed E-state index contributed by atoms with van der Waals surface area (Å²) in [6.07, 6.45) is 1.14. The van der Waals surface area contributed by atoms with Crippen LogP contribution in [0.3, 0.4) is 0 Å². The van der Waals surface area contributed by atoms with E-state index in [-0.39, 0.29) is 11.1 Å². The van der Waals surface area contributed by atoms with E-state index in [4.69, 9.17) is 23.7 Å². The maximum absolute atomic E-state index is 13.0. The van der Waals surface area contributed by atoms with Gasteiger partial charge in [0.2, 0.25) is 5.75 Å². The molecule has 9 nitrogen and oxygen atoms in total. The first-order valence-electron chi connectivity index (χ1n) is 9.33. The van der Waals surface area contributed by atoms with Gasteiger partial charge in [-0.15, -0.1) is 11.3 Å². The van der Waals surface area contributed by atoms with Gasteiger partial charge in [0.05, 0.1) is 47.0 Å². The normalized spacial score (nSPS) is 14.4. The first kappa shape index (κ1) is 22.4. The number of carbonyl (C=O) groups excluding carboxylic acids is 3. The molecule has 31 heavy (non-hydrogen) atoms. The maximum atomic E-state index is 13.0. The standard InChI is InChI=1S/C21H23NO8S/c1-26-12-8-10(9-13(27-2)17(12)28-3)18(23)22-19-16(21(25)30-5)15-11(20(24)29-4)6-7-14(15)31-19/h8-9,11H,6-7H2,1-5H3,(H,22,23)/t11-/m0/s1. The molecule has 1 aliphatic rings. The molecule has 0 saturated heterocycles. The van der Waals surface area contributed by atoms with Gasteiger partial charge in [-0.2, -0.15) is 0 Å². The Bertz CT molecular complexity index is 1000. The summed E-state index contributed by atoms with van der Waals surface area (Å²) < 4.78 is 25.7. The van der Waals surface area contributed by atoms with Gasteiger partial charge in [0.1, 0.15) is 5.00 Å². The Balaban J connectivity index is 2.01. The second kappa shape index (κ2) is 9.25. The van der Waals surface area contributed by atoms with Crippen LogP contribution in [0.5, 0.6) is 17.2 Å². The van der Waals surface area contributed by atoms with Gasteiger partial charge in [-0.1, -0.05) is 0 Å². The molecule has 1 heterocycles. The van der Waals surface area contributed by atoms with Crippen LogP contribution in [-0.2, 0) is 20.7 Å². The summed E-state index contributed by atoms with van der Waals surface area (Å²) in [7, 11) is 6.92. The highest BCUT2D eigenvalue weighted by Gasteiger charge is 2.38. The number of hydrogen-bond acceptors (Lipinski definition) is 9. The lowest BCUT2D eigenvalue weighted by atomic mass is 9.99. The van der Waals surface area contributed by atoms with Crippen molar-refractivity contribution in [1.82, 2.24) is 0 Å². The minimum Gasteiger partial charge on any atom is -0.493 e. The molecule has 1 aromatic carbocycles. The van der Waals surface area contributed by atoms with E-state index < -0.39 is 23.8 Å². The number of anilines is 1. The highest BCUT2D eigenvalue weighted by molar-refractivity contribution is 7.17. The van der Waals surface area contributed by atoms with E-state index in [1.165, 1.54) is 59.0 Å². The first-order valence-corrected chi connectivity index (χ1v) is 10.1. The average Bonchev–Trinajstić information content (AvgIpc) is 3.35. The fourth-order valence-corrected chi connectivity index (χ4v) is 4.88. The van der Waals surface area contributed by atoms with E-state index in [2.05, 4.69) is 5.32 Å². The van der Waals surface area contributed by atoms with Crippen molar-refractivity contribution in [2.75, 3.05) is 40.9 Å². The number of carbonyl (C=O) groups is 3. The molecule has 3 rings (SSSR count). The largest absolute Gasteiger partial charge is 0.493 e. The monoisotopic (exact) mass is 449 g/mol. The summed E-state index contributed by atoms with van der Waals surface area (Å²) >= 11 is 1.25. The zero-order valence-electron chi connectivity index (χ0n) is 17.8. The van der Waals surface area contributed by atoms with Crippen molar-refractivity contribution >= 4 is 34.2 Å². The third-order valence-electron chi connectivity index (χ3n) is 5.06. The van der Waals surface area contributed by atoms with Crippen LogP contribution >= 0.6 is 11.3 Å². The predicted octanol–water partition coefficient (Wildman–Crippen LogP) is 3.02. The number of esters is 2. The van der Waals surface area contributed by atoms with Crippen LogP contribution in [0.1, 0.15) is 43.5 Å². The van der Waals surface area contributed by atoms with Crippen LogP contribution in [0.2, 0.25) is 0 Å². The summed E-state index contributed by atoms with van der Waals surface area (Å²) in [5.41, 5.74) is 0.975. The van der Waals surface area contributed by atoms with Crippen molar-refractivity contribution < 1.29 is 38.1 Å². The van der Waals surface area contributed by atoms with Crippen LogP contribution in [0.15, 0.2) is 12.1 Å². The van der Waals surface area contributed by atoms with Gasteiger partial charge in [0.25, 0.3) is 5.91 Å². The highest BCUT2D eigenvalue weighted by atomic mass is 32.1. The summed E-state index contributed by atoms with van der Waals surface area (Å²) in [5, 5.41) is 3.07. The Hall–Kier alpha value is -3.27. The molecule has 0 fully saturated rings. The van der Waals surface area contributed by atoms with E-state index in [0.717, 1.165) is 4.88 Å². The highest BCUT2D eigenvalue weighted by Crippen LogP contribution is 2.46. The molecule has 0 radical (unpaired) electrons. The summed E-state index contributed by atoms with van der Waals surface area (Å²) in [6, 6.07) is 3.01. The molecule has 0 unspecified atom stereocenters. The Labute approximate surface area is 183 Å². The van der Waals surface area contributed by atoms with Crippen molar-refractivity contribution in [3.63, 3.8) is 0 Å². The van der Waals surface area contributed by atoms with Gasteiger partial charge in [-0.3, -0.25) is 9.59 Å². The Morgan fingerprint density at radius 2 is 1.61 bits per heavy atom. The molecule has 1 aromatic heterocycles. The molecular formula is C21H23NO8S. The zero-order chi connectivity index (χ0) is 22.7. The zero-order valence-corrected chi connectivity index (χ0v) is 18.6. The molecule has 0 saturated carbocycles. The second-order valence-electron chi connectivity index (χ2n) is 6.62. The van der Waals surface area contributed by atoms with E-state index in [1.807, 2.05) is 0 Å². The smallest absolute Gasteiger partial charge is 0.341 e. The minimum absolute atomic E-state index is 0.177. The second-order valence-corrected chi connectivity index (χ2v) is 7.72. The number of benzene rings is 1. The molecule has 10 heteroatoms. The number of fused-ring (bicyclic) bond motifs is 1. The van der Waals surface area contributed by atoms with Gasteiger partial charge in [-0.05, 0) is 30.5 Å². The Morgan fingerprint density at radius 1 is 0.968 bits per heavy atom. The summed E-state index contributed by atoms with van der Waals surface area (Å²) in [5.74, 6) is -1.12. The van der Waals surface area contributed by atoms with Crippen molar-refractivity contribution in [2.24, 2.45) is 0 Å². The molecule has 0 bridgehead atoms. The molecule has 1 atom stereocenters. The molecule has 2 aromatic rings. The first-order chi connectivity index (χ1) is 14.9. The van der Waals surface area contributed by atoms with Crippen molar-refractivity contribution in [3.8, 4) is 17.2 Å². The summed E-state index contributed by atoms with van der Waals surface area (Å²) in [6.45, 7) is 0. The van der Waals surface area contributed by atoms with E-state index in [1.54, 1.807) is 0 Å². The van der Waals surface area contributed by atoms with Crippen molar-refractivity contribution in [3.05, 3.63) is 33.7 Å². The Kier molecular flexibility index (Phi) is 6.69. The Morgan fingerprint density at radius 3 is 2.13 bits per heavy atom. The molecule has 1 N–H and O–H groups in total. The quantitative estimate of drug-likeness (QED) is 0.643. The fraction of sp³-hybridized carbons (Fsp3) is 0.381. The predicted molar refractivity (Wildman–Crippen MR) is 113 cm³/mol. The van der Waals surface area contributed by atoms with Gasteiger partial charge in [0, 0.05) is 10.4 Å². The lowest BCUT2D eigenvalue weighted by molar-refractivity contribution is -0.142. The SMILES string of the molecule is COC(=O)c1c(NC(=O)c2cc(OC)c(OC)c(OC)c2)sc2c1[C@@H](C(=O)OC)CC2. The van der Waals surface area contributed by atoms with Gasteiger partial charge in [0.15, 0.2) is 11.5 Å². The lowest BCUT2D eigenvalue weighted by Gasteiger charge is -2.14. The van der Waals surface area contributed by atoms with Gasteiger partial charge < -0.3 is 29.0 Å². The number of methoxy groups -OCH3 is 5. The topological polar surface area (TPSA) is 109 Å². The third-order valence-corrected chi connectivity index (χ3v) is 6.24. The minimum atomic E-state index is -0.631. The molecule has 0 aliphatic heterocycles. The molecular weight excluding hydrogens is 426 g/mol. The van der Waals surface area contributed by atoms with Crippen LogP contribution in [0.25, 0.3) is 0 Å². The number of rotatable bonds is 7. The third kappa shape index (κ3) is 4.02. The lowest BCUT2D eigenvalue weighted by Crippen LogP contribution is -2.18. The van der Waals surface area contributed by atoms with Crippen LogP contribution in [-0.4, -0.2) is 53.4 Å². The molecule has 1 amide bonds.